The first kappa shape index (κ1) is 21.7. The van der Waals surface area contributed by atoms with E-state index in [4.69, 9.17) is 0 Å². The highest BCUT2D eigenvalue weighted by molar-refractivity contribution is 6.00. The van der Waals surface area contributed by atoms with Gasteiger partial charge in [-0.25, -0.2) is 14.6 Å². The molecule has 1 aliphatic rings. The van der Waals surface area contributed by atoms with Crippen LogP contribution >= 0.6 is 0 Å². The van der Waals surface area contributed by atoms with E-state index in [1.807, 2.05) is 32.0 Å². The molecule has 0 spiro atoms. The van der Waals surface area contributed by atoms with Gasteiger partial charge in [-0.15, -0.1) is 0 Å². The van der Waals surface area contributed by atoms with Crippen LogP contribution in [-0.2, 0) is 16.1 Å². The second-order valence-electron chi connectivity index (χ2n) is 8.22. The predicted octanol–water partition coefficient (Wildman–Crippen LogP) is 2.43. The van der Waals surface area contributed by atoms with Crippen LogP contribution in [0.5, 0.6) is 0 Å². The van der Waals surface area contributed by atoms with Crippen LogP contribution in [0.15, 0.2) is 30.7 Å². The standard InChI is InChI=1S/C23H29N7O2/c1-4-7-24-21-19-12-28-30(22(19)27-14-26-21)9-8-25-23(32)17-11-20(31)29(13-17)18-6-5-15(2)16(3)10-18/h5-6,10,12,14,17H,4,7-9,11,13H2,1-3H3,(H,25,32)(H,24,26,27). The molecule has 0 bridgehead atoms. The number of nitrogens with zero attached hydrogens (tertiary/aromatic N) is 5. The van der Waals surface area contributed by atoms with Gasteiger partial charge >= 0.3 is 0 Å². The van der Waals surface area contributed by atoms with Crippen molar-refractivity contribution in [2.24, 2.45) is 5.92 Å². The zero-order chi connectivity index (χ0) is 22.7. The van der Waals surface area contributed by atoms with E-state index in [9.17, 15) is 9.59 Å². The Balaban J connectivity index is 1.34. The average Bonchev–Trinajstić information content (AvgIpc) is 3.38. The molecular weight excluding hydrogens is 406 g/mol. The molecule has 1 aliphatic heterocycles. The molecule has 1 fully saturated rings. The third-order valence-electron chi connectivity index (χ3n) is 5.90. The zero-order valence-corrected chi connectivity index (χ0v) is 18.8. The van der Waals surface area contributed by atoms with E-state index < -0.39 is 0 Å². The largest absolute Gasteiger partial charge is 0.369 e. The minimum atomic E-state index is -0.356. The molecule has 32 heavy (non-hydrogen) atoms. The Hall–Kier alpha value is -3.49. The minimum absolute atomic E-state index is 0.0183. The Morgan fingerprint density at radius 2 is 2.03 bits per heavy atom. The van der Waals surface area contributed by atoms with Crippen molar-refractivity contribution < 1.29 is 9.59 Å². The van der Waals surface area contributed by atoms with Crippen molar-refractivity contribution in [2.75, 3.05) is 29.9 Å². The van der Waals surface area contributed by atoms with Crippen LogP contribution in [0, 0.1) is 19.8 Å². The van der Waals surface area contributed by atoms with E-state index in [1.54, 1.807) is 15.8 Å². The molecular formula is C23H29N7O2. The number of rotatable bonds is 8. The van der Waals surface area contributed by atoms with E-state index in [1.165, 1.54) is 11.9 Å². The summed E-state index contributed by atoms with van der Waals surface area (Å²) in [5, 5.41) is 11.5. The second kappa shape index (κ2) is 9.33. The van der Waals surface area contributed by atoms with Gasteiger partial charge in [0.2, 0.25) is 11.8 Å². The fourth-order valence-corrected chi connectivity index (χ4v) is 3.90. The number of aromatic nitrogens is 4. The summed E-state index contributed by atoms with van der Waals surface area (Å²) in [5.74, 6) is 0.282. The molecule has 0 aliphatic carbocycles. The molecule has 3 heterocycles. The zero-order valence-electron chi connectivity index (χ0n) is 18.8. The molecule has 9 heteroatoms. The number of fused-ring (bicyclic) bond motifs is 1. The van der Waals surface area contributed by atoms with Crippen molar-refractivity contribution in [1.29, 1.82) is 0 Å². The van der Waals surface area contributed by atoms with Gasteiger partial charge in [-0.05, 0) is 43.5 Å². The van der Waals surface area contributed by atoms with Gasteiger partial charge < -0.3 is 15.5 Å². The van der Waals surface area contributed by atoms with Crippen molar-refractivity contribution in [1.82, 2.24) is 25.1 Å². The van der Waals surface area contributed by atoms with Crippen LogP contribution in [0.3, 0.4) is 0 Å². The molecule has 2 aromatic heterocycles. The lowest BCUT2D eigenvalue weighted by molar-refractivity contribution is -0.126. The van der Waals surface area contributed by atoms with Gasteiger partial charge in [0.05, 0.1) is 24.0 Å². The number of amides is 2. The van der Waals surface area contributed by atoms with E-state index in [-0.39, 0.29) is 24.2 Å². The summed E-state index contributed by atoms with van der Waals surface area (Å²) < 4.78 is 1.76. The molecule has 9 nitrogen and oxygen atoms in total. The van der Waals surface area contributed by atoms with Gasteiger partial charge in [0.25, 0.3) is 0 Å². The molecule has 2 N–H and O–H groups in total. The fraction of sp³-hybridized carbons (Fsp3) is 0.435. The number of nitrogens with one attached hydrogen (secondary N) is 2. The van der Waals surface area contributed by atoms with Gasteiger partial charge in [0.1, 0.15) is 12.1 Å². The molecule has 168 valence electrons. The fourth-order valence-electron chi connectivity index (χ4n) is 3.90. The van der Waals surface area contributed by atoms with E-state index in [0.29, 0.717) is 19.6 Å². The monoisotopic (exact) mass is 435 g/mol. The number of hydrogen-bond acceptors (Lipinski definition) is 6. The molecule has 4 rings (SSSR count). The highest BCUT2D eigenvalue weighted by atomic mass is 16.2. The van der Waals surface area contributed by atoms with Crippen molar-refractivity contribution >= 4 is 34.4 Å². The van der Waals surface area contributed by atoms with Crippen molar-refractivity contribution in [3.05, 3.63) is 41.9 Å². The van der Waals surface area contributed by atoms with Crippen LogP contribution < -0.4 is 15.5 Å². The average molecular weight is 436 g/mol. The Bertz CT molecular complexity index is 1140. The molecule has 3 aromatic rings. The number of hydrogen-bond donors (Lipinski definition) is 2. The van der Waals surface area contributed by atoms with Crippen molar-refractivity contribution in [2.45, 2.75) is 40.2 Å². The highest BCUT2D eigenvalue weighted by Gasteiger charge is 2.35. The Kier molecular flexibility index (Phi) is 6.34. The lowest BCUT2D eigenvalue weighted by atomic mass is 10.1. The predicted molar refractivity (Wildman–Crippen MR) is 123 cm³/mol. The van der Waals surface area contributed by atoms with Crippen LogP contribution in [-0.4, -0.2) is 51.2 Å². The summed E-state index contributed by atoms with van der Waals surface area (Å²) in [6, 6.07) is 5.95. The first-order valence-corrected chi connectivity index (χ1v) is 11.0. The van der Waals surface area contributed by atoms with E-state index in [0.717, 1.165) is 41.1 Å². The number of carbonyl (C=O) groups excluding carboxylic acids is 2. The number of aryl methyl sites for hydroxylation is 2. The van der Waals surface area contributed by atoms with Crippen LogP contribution in [0.4, 0.5) is 11.5 Å². The maximum atomic E-state index is 12.7. The topological polar surface area (TPSA) is 105 Å². The third kappa shape index (κ3) is 4.42. The molecule has 2 amide bonds. The third-order valence-corrected chi connectivity index (χ3v) is 5.90. The SMILES string of the molecule is CCCNc1ncnc2c1cnn2CCNC(=O)C1CC(=O)N(c2ccc(C)c(C)c2)C1. The van der Waals surface area contributed by atoms with E-state index >= 15 is 0 Å². The molecule has 1 aromatic carbocycles. The second-order valence-corrected chi connectivity index (χ2v) is 8.22. The van der Waals surface area contributed by atoms with Crippen LogP contribution in [0.25, 0.3) is 11.0 Å². The normalized spacial score (nSPS) is 16.0. The molecule has 0 radical (unpaired) electrons. The van der Waals surface area contributed by atoms with Crippen LogP contribution in [0.2, 0.25) is 0 Å². The lowest BCUT2D eigenvalue weighted by Gasteiger charge is -2.18. The molecule has 1 unspecified atom stereocenters. The van der Waals surface area contributed by atoms with Gasteiger partial charge in [0, 0.05) is 31.7 Å². The molecule has 1 saturated heterocycles. The maximum absolute atomic E-state index is 12.7. The number of carbonyl (C=O) groups is 2. The Labute approximate surface area is 187 Å². The molecule has 1 atom stereocenters. The first-order chi connectivity index (χ1) is 15.5. The number of benzene rings is 1. The van der Waals surface area contributed by atoms with E-state index in [2.05, 4.69) is 32.6 Å². The van der Waals surface area contributed by atoms with Gasteiger partial charge in [0.15, 0.2) is 5.65 Å². The van der Waals surface area contributed by atoms with Crippen molar-refractivity contribution in [3.63, 3.8) is 0 Å². The Morgan fingerprint density at radius 3 is 2.81 bits per heavy atom. The summed E-state index contributed by atoms with van der Waals surface area (Å²) in [6.07, 6.45) is 4.48. The lowest BCUT2D eigenvalue weighted by Crippen LogP contribution is -2.35. The number of anilines is 2. The quantitative estimate of drug-likeness (QED) is 0.563. The van der Waals surface area contributed by atoms with Crippen LogP contribution in [0.1, 0.15) is 30.9 Å². The highest BCUT2D eigenvalue weighted by Crippen LogP contribution is 2.27. The summed E-state index contributed by atoms with van der Waals surface area (Å²) in [5.41, 5.74) is 3.89. The van der Waals surface area contributed by atoms with Gasteiger partial charge in [-0.1, -0.05) is 13.0 Å². The van der Waals surface area contributed by atoms with Gasteiger partial charge in [-0.2, -0.15) is 5.10 Å². The Morgan fingerprint density at radius 1 is 1.19 bits per heavy atom. The van der Waals surface area contributed by atoms with Gasteiger partial charge in [-0.3, -0.25) is 9.59 Å². The minimum Gasteiger partial charge on any atom is -0.369 e. The first-order valence-electron chi connectivity index (χ1n) is 11.0. The maximum Gasteiger partial charge on any atom is 0.227 e. The smallest absolute Gasteiger partial charge is 0.227 e. The molecule has 0 saturated carbocycles. The summed E-state index contributed by atoms with van der Waals surface area (Å²) in [6.45, 7) is 8.28. The summed E-state index contributed by atoms with van der Waals surface area (Å²) in [4.78, 5) is 35.5. The van der Waals surface area contributed by atoms with Crippen molar-refractivity contribution in [3.8, 4) is 0 Å². The summed E-state index contributed by atoms with van der Waals surface area (Å²) in [7, 11) is 0. The summed E-state index contributed by atoms with van der Waals surface area (Å²) >= 11 is 0.